The number of hydrogen-bond donors (Lipinski definition) is 2. The molecule has 1 spiro atoms. The predicted molar refractivity (Wildman–Crippen MR) is 127 cm³/mol. The number of aromatic nitrogens is 2. The van der Waals surface area contributed by atoms with Crippen molar-refractivity contribution in [3.8, 4) is 5.75 Å². The van der Waals surface area contributed by atoms with Crippen LogP contribution in [-0.2, 0) is 12.0 Å². The number of guanidine groups is 1. The molecule has 1 saturated carbocycles. The molecule has 0 amide bonds. The Labute approximate surface area is 195 Å². The molecule has 1 aromatic heterocycles. The summed E-state index contributed by atoms with van der Waals surface area (Å²) < 4.78 is 11.8. The maximum absolute atomic E-state index is 6.46. The van der Waals surface area contributed by atoms with Gasteiger partial charge < -0.3 is 19.9 Å². The van der Waals surface area contributed by atoms with Crippen molar-refractivity contribution in [1.82, 2.24) is 20.8 Å². The van der Waals surface area contributed by atoms with E-state index in [1.54, 1.807) is 7.05 Å². The minimum absolute atomic E-state index is 0. The van der Waals surface area contributed by atoms with E-state index in [0.29, 0.717) is 18.3 Å². The Morgan fingerprint density at radius 1 is 1.23 bits per heavy atom. The first kappa shape index (κ1) is 22.8. The van der Waals surface area contributed by atoms with Crippen molar-refractivity contribution >= 4 is 29.9 Å². The summed E-state index contributed by atoms with van der Waals surface area (Å²) in [6.45, 7) is 6.62. The average Bonchev–Trinajstić information content (AvgIpc) is 3.34. The van der Waals surface area contributed by atoms with Gasteiger partial charge in [0, 0.05) is 24.4 Å². The van der Waals surface area contributed by atoms with Crippen molar-refractivity contribution in [2.24, 2.45) is 4.99 Å². The third-order valence-electron chi connectivity index (χ3n) is 5.77. The molecule has 1 aliphatic heterocycles. The molecule has 8 heteroatoms. The molecule has 30 heavy (non-hydrogen) atoms. The van der Waals surface area contributed by atoms with E-state index >= 15 is 0 Å². The van der Waals surface area contributed by atoms with Crippen LogP contribution in [0.3, 0.4) is 0 Å². The molecule has 4 rings (SSSR count). The van der Waals surface area contributed by atoms with Gasteiger partial charge in [-0.05, 0) is 31.7 Å². The Morgan fingerprint density at radius 3 is 2.63 bits per heavy atom. The number of nitrogens with one attached hydrogen (secondary N) is 2. The van der Waals surface area contributed by atoms with Crippen molar-refractivity contribution < 1.29 is 9.26 Å². The fourth-order valence-electron chi connectivity index (χ4n) is 4.23. The lowest BCUT2D eigenvalue weighted by molar-refractivity contribution is 0.0396. The quantitative estimate of drug-likeness (QED) is 0.349. The Bertz CT molecular complexity index is 884. The van der Waals surface area contributed by atoms with Crippen LogP contribution in [0.2, 0.25) is 0 Å². The van der Waals surface area contributed by atoms with E-state index in [9.17, 15) is 0 Å². The third-order valence-corrected chi connectivity index (χ3v) is 5.77. The molecular formula is C22H32IN5O2. The highest BCUT2D eigenvalue weighted by Gasteiger charge is 2.43. The van der Waals surface area contributed by atoms with Gasteiger partial charge in [0.25, 0.3) is 0 Å². The van der Waals surface area contributed by atoms with E-state index in [-0.39, 0.29) is 41.0 Å². The standard InChI is InChI=1S/C22H31N5O2.HI/c1-21(2,3)19-26-18(27-29-19)14-24-20(23-4)25-16-13-22(11-7-8-12-22)28-17-10-6-5-9-15(16)17;/h5-6,9-10,16H,7-8,11-14H2,1-4H3,(H2,23,24,25);1H. The lowest BCUT2D eigenvalue weighted by Gasteiger charge is -2.40. The van der Waals surface area contributed by atoms with Crippen LogP contribution in [-0.4, -0.2) is 28.7 Å². The smallest absolute Gasteiger partial charge is 0.232 e. The number of fused-ring (bicyclic) bond motifs is 1. The van der Waals surface area contributed by atoms with E-state index in [1.807, 2.05) is 6.07 Å². The molecule has 1 unspecified atom stereocenters. The third kappa shape index (κ3) is 4.90. The predicted octanol–water partition coefficient (Wildman–Crippen LogP) is 4.49. The summed E-state index contributed by atoms with van der Waals surface area (Å²) in [7, 11) is 1.78. The Kier molecular flexibility index (Phi) is 6.94. The maximum Gasteiger partial charge on any atom is 0.232 e. The number of ether oxygens (including phenoxy) is 1. The zero-order valence-electron chi connectivity index (χ0n) is 18.2. The van der Waals surface area contributed by atoms with Crippen molar-refractivity contribution in [1.29, 1.82) is 0 Å². The molecule has 164 valence electrons. The van der Waals surface area contributed by atoms with Gasteiger partial charge in [-0.3, -0.25) is 4.99 Å². The summed E-state index contributed by atoms with van der Waals surface area (Å²) in [5.74, 6) is 2.97. The maximum atomic E-state index is 6.46. The van der Waals surface area contributed by atoms with Gasteiger partial charge in [-0.25, -0.2) is 0 Å². The molecular weight excluding hydrogens is 493 g/mol. The monoisotopic (exact) mass is 525 g/mol. The second-order valence-electron chi connectivity index (χ2n) is 9.12. The highest BCUT2D eigenvalue weighted by atomic mass is 127. The van der Waals surface area contributed by atoms with Crippen molar-refractivity contribution in [2.45, 2.75) is 76.5 Å². The van der Waals surface area contributed by atoms with Crippen LogP contribution in [0, 0.1) is 0 Å². The number of aliphatic imine (C=N–C) groups is 1. The van der Waals surface area contributed by atoms with E-state index in [4.69, 9.17) is 9.26 Å². The molecule has 1 fully saturated rings. The van der Waals surface area contributed by atoms with Gasteiger partial charge in [0.15, 0.2) is 11.8 Å². The van der Waals surface area contributed by atoms with Gasteiger partial charge in [-0.2, -0.15) is 4.98 Å². The first-order chi connectivity index (χ1) is 13.9. The van der Waals surface area contributed by atoms with Gasteiger partial charge in [0.2, 0.25) is 5.89 Å². The minimum Gasteiger partial charge on any atom is -0.487 e. The second kappa shape index (κ2) is 9.11. The molecule has 1 aliphatic carbocycles. The van der Waals surface area contributed by atoms with E-state index in [1.165, 1.54) is 18.4 Å². The normalized spacial score (nSPS) is 20.3. The number of para-hydroxylation sites is 1. The number of hydrogen-bond acceptors (Lipinski definition) is 5. The molecule has 7 nitrogen and oxygen atoms in total. The lowest BCUT2D eigenvalue weighted by Crippen LogP contribution is -2.46. The van der Waals surface area contributed by atoms with Crippen molar-refractivity contribution in [3.63, 3.8) is 0 Å². The van der Waals surface area contributed by atoms with Gasteiger partial charge in [-0.1, -0.05) is 44.1 Å². The van der Waals surface area contributed by atoms with E-state index in [2.05, 4.69) is 64.7 Å². The summed E-state index contributed by atoms with van der Waals surface area (Å²) in [4.78, 5) is 8.89. The Balaban J connectivity index is 0.00000256. The van der Waals surface area contributed by atoms with Crippen molar-refractivity contribution in [2.75, 3.05) is 7.05 Å². The molecule has 0 bridgehead atoms. The Hall–Kier alpha value is -1.84. The molecule has 1 aromatic carbocycles. The van der Waals surface area contributed by atoms with Crippen LogP contribution >= 0.6 is 24.0 Å². The van der Waals surface area contributed by atoms with E-state index < -0.39 is 0 Å². The van der Waals surface area contributed by atoms with Crippen molar-refractivity contribution in [3.05, 3.63) is 41.5 Å². The Morgan fingerprint density at radius 2 is 1.97 bits per heavy atom. The molecule has 2 aliphatic rings. The number of nitrogens with zero attached hydrogens (tertiary/aromatic N) is 3. The van der Waals surface area contributed by atoms with Gasteiger partial charge in [0.1, 0.15) is 11.4 Å². The minimum atomic E-state index is -0.160. The van der Waals surface area contributed by atoms with Crippen LogP contribution in [0.4, 0.5) is 0 Å². The molecule has 2 heterocycles. The van der Waals surface area contributed by atoms with Crippen LogP contribution in [0.1, 0.15) is 76.2 Å². The SMILES string of the molecule is CN=C(NCc1noc(C(C)(C)C)n1)NC1CC2(CCCC2)Oc2ccccc21.I. The summed E-state index contributed by atoms with van der Waals surface area (Å²) >= 11 is 0. The molecule has 2 aromatic rings. The first-order valence-corrected chi connectivity index (χ1v) is 10.5. The van der Waals surface area contributed by atoms with Crippen LogP contribution < -0.4 is 15.4 Å². The molecule has 1 atom stereocenters. The zero-order chi connectivity index (χ0) is 20.5. The van der Waals surface area contributed by atoms with Gasteiger partial charge in [0.05, 0.1) is 12.6 Å². The highest BCUT2D eigenvalue weighted by molar-refractivity contribution is 14.0. The fraction of sp³-hybridized carbons (Fsp3) is 0.591. The zero-order valence-corrected chi connectivity index (χ0v) is 20.5. The largest absolute Gasteiger partial charge is 0.487 e. The fourth-order valence-corrected chi connectivity index (χ4v) is 4.23. The van der Waals surface area contributed by atoms with E-state index in [0.717, 1.165) is 31.0 Å². The van der Waals surface area contributed by atoms with Crippen LogP contribution in [0.25, 0.3) is 0 Å². The topological polar surface area (TPSA) is 84.6 Å². The lowest BCUT2D eigenvalue weighted by atomic mass is 9.86. The van der Waals surface area contributed by atoms with Crippen LogP contribution in [0.15, 0.2) is 33.8 Å². The van der Waals surface area contributed by atoms with Gasteiger partial charge >= 0.3 is 0 Å². The second-order valence-corrected chi connectivity index (χ2v) is 9.12. The highest BCUT2D eigenvalue weighted by Crippen LogP contribution is 2.46. The molecule has 0 radical (unpaired) electrons. The summed E-state index contributed by atoms with van der Waals surface area (Å²) in [5, 5.41) is 11.0. The number of rotatable bonds is 3. The molecule has 0 saturated heterocycles. The average molecular weight is 525 g/mol. The summed E-state index contributed by atoms with van der Waals surface area (Å²) in [6, 6.07) is 8.47. The first-order valence-electron chi connectivity index (χ1n) is 10.5. The van der Waals surface area contributed by atoms with Gasteiger partial charge in [-0.15, -0.1) is 24.0 Å². The molecule has 2 N–H and O–H groups in total. The summed E-state index contributed by atoms with van der Waals surface area (Å²) in [5.41, 5.74) is 0.967. The van der Waals surface area contributed by atoms with Crippen LogP contribution in [0.5, 0.6) is 5.75 Å². The number of halogens is 1. The summed E-state index contributed by atoms with van der Waals surface area (Å²) in [6.07, 6.45) is 5.64. The number of benzene rings is 1.